The number of imidazole rings is 1. The second-order valence-corrected chi connectivity index (χ2v) is 7.82. The lowest BCUT2D eigenvalue weighted by molar-refractivity contribution is 0.588. The maximum Gasteiger partial charge on any atom is 0.266 e. The summed E-state index contributed by atoms with van der Waals surface area (Å²) in [6.07, 6.45) is 3.06. The highest BCUT2D eigenvalue weighted by atomic mass is 35.5. The predicted octanol–water partition coefficient (Wildman–Crippen LogP) is 2.93. The summed E-state index contributed by atoms with van der Waals surface area (Å²) in [6.45, 7) is 0.0496. The van der Waals surface area contributed by atoms with E-state index in [1.807, 2.05) is 0 Å². The van der Waals surface area contributed by atoms with Crippen molar-refractivity contribution >= 4 is 38.1 Å². The van der Waals surface area contributed by atoms with Crippen LogP contribution in [0.1, 0.15) is 5.82 Å². The smallest absolute Gasteiger partial charge is 0.266 e. The highest BCUT2D eigenvalue weighted by Crippen LogP contribution is 2.27. The minimum absolute atomic E-state index is 0.0496. The van der Waals surface area contributed by atoms with Crippen molar-refractivity contribution in [1.29, 1.82) is 0 Å². The summed E-state index contributed by atoms with van der Waals surface area (Å²) in [4.78, 5) is 8.51. The number of anilines is 1. The van der Waals surface area contributed by atoms with Gasteiger partial charge in [0.15, 0.2) is 5.13 Å². The van der Waals surface area contributed by atoms with Gasteiger partial charge in [-0.15, -0.1) is 11.3 Å². The van der Waals surface area contributed by atoms with Crippen molar-refractivity contribution in [2.45, 2.75) is 11.4 Å². The van der Waals surface area contributed by atoms with Gasteiger partial charge >= 0.3 is 0 Å². The molecule has 3 rings (SSSR count). The lowest BCUT2D eigenvalue weighted by Crippen LogP contribution is -2.31. The Hall–Kier alpha value is -1.90. The van der Waals surface area contributed by atoms with E-state index in [9.17, 15) is 8.42 Å². The number of rotatable bonds is 5. The fraction of sp³-hybridized carbons (Fsp3) is 0.143. The third kappa shape index (κ3) is 3.10. The number of halogens is 1. The minimum Gasteiger partial charge on any atom is -0.321 e. The number of hydrogen-bond acceptors (Lipinski definition) is 5. The largest absolute Gasteiger partial charge is 0.321 e. The molecule has 2 aromatic heterocycles. The Morgan fingerprint density at radius 2 is 2.00 bits per heavy atom. The summed E-state index contributed by atoms with van der Waals surface area (Å²) in [5.41, 5.74) is 0. The van der Waals surface area contributed by atoms with Crippen LogP contribution in [0.3, 0.4) is 0 Å². The summed E-state index contributed by atoms with van der Waals surface area (Å²) in [7, 11) is -2.01. The van der Waals surface area contributed by atoms with E-state index in [1.54, 1.807) is 53.5 Å². The van der Waals surface area contributed by atoms with Crippen molar-refractivity contribution in [2.75, 3.05) is 4.31 Å². The molecule has 0 unspecified atom stereocenters. The van der Waals surface area contributed by atoms with Crippen LogP contribution in [0.15, 0.2) is 53.0 Å². The van der Waals surface area contributed by atoms with E-state index in [-0.39, 0.29) is 11.4 Å². The van der Waals surface area contributed by atoms with E-state index >= 15 is 0 Å². The Labute approximate surface area is 143 Å². The van der Waals surface area contributed by atoms with Crippen LogP contribution >= 0.6 is 22.9 Å². The van der Waals surface area contributed by atoms with Crippen molar-refractivity contribution in [3.8, 4) is 0 Å². The molecule has 3 aromatic rings. The maximum atomic E-state index is 13.0. The molecule has 0 bridgehead atoms. The van der Waals surface area contributed by atoms with Crippen LogP contribution < -0.4 is 4.31 Å². The van der Waals surface area contributed by atoms with Crippen molar-refractivity contribution in [3.63, 3.8) is 0 Å². The summed E-state index contributed by atoms with van der Waals surface area (Å²) in [5.74, 6) is 0.532. The molecule has 0 amide bonds. The second kappa shape index (κ2) is 6.31. The predicted molar refractivity (Wildman–Crippen MR) is 90.1 cm³/mol. The minimum atomic E-state index is -3.74. The molecule has 0 aliphatic rings. The number of aromatic nitrogens is 3. The van der Waals surface area contributed by atoms with Gasteiger partial charge in [-0.25, -0.2) is 22.7 Å². The lowest BCUT2D eigenvalue weighted by atomic mass is 10.4. The van der Waals surface area contributed by atoms with Crippen LogP contribution in [0.25, 0.3) is 0 Å². The zero-order chi connectivity index (χ0) is 16.4. The molecule has 0 spiro atoms. The first kappa shape index (κ1) is 16.0. The maximum absolute atomic E-state index is 13.0. The fourth-order valence-corrected chi connectivity index (χ4v) is 4.42. The van der Waals surface area contributed by atoms with E-state index in [0.717, 1.165) is 0 Å². The van der Waals surface area contributed by atoms with Crippen molar-refractivity contribution in [2.24, 2.45) is 7.05 Å². The van der Waals surface area contributed by atoms with E-state index in [1.165, 1.54) is 21.8 Å². The van der Waals surface area contributed by atoms with Crippen molar-refractivity contribution in [3.05, 3.63) is 59.1 Å². The summed E-state index contributed by atoms with van der Waals surface area (Å²) < 4.78 is 28.8. The molecule has 0 N–H and O–H groups in total. The van der Waals surface area contributed by atoms with E-state index in [0.29, 0.717) is 16.1 Å². The molecule has 0 aliphatic heterocycles. The molecule has 120 valence electrons. The van der Waals surface area contributed by atoms with E-state index < -0.39 is 10.0 Å². The van der Waals surface area contributed by atoms with Gasteiger partial charge in [0, 0.05) is 18.6 Å². The zero-order valence-corrected chi connectivity index (χ0v) is 14.5. The lowest BCUT2D eigenvalue weighted by Gasteiger charge is -2.21. The topological polar surface area (TPSA) is 68.1 Å². The number of benzene rings is 1. The molecule has 0 saturated carbocycles. The van der Waals surface area contributed by atoms with Gasteiger partial charge < -0.3 is 4.57 Å². The monoisotopic (exact) mass is 368 g/mol. The van der Waals surface area contributed by atoms with Crippen LogP contribution in [-0.4, -0.2) is 23.0 Å². The third-order valence-corrected chi connectivity index (χ3v) is 6.29. The quantitative estimate of drug-likeness (QED) is 0.694. The summed E-state index contributed by atoms with van der Waals surface area (Å²) >= 11 is 7.24. The zero-order valence-electron chi connectivity index (χ0n) is 12.1. The van der Waals surface area contributed by atoms with Crippen molar-refractivity contribution < 1.29 is 8.42 Å². The average Bonchev–Trinajstić information content (AvgIpc) is 3.18. The van der Waals surface area contributed by atoms with E-state index in [2.05, 4.69) is 9.97 Å². The van der Waals surface area contributed by atoms with Crippen LogP contribution in [0.4, 0.5) is 5.13 Å². The van der Waals surface area contributed by atoms with Gasteiger partial charge in [-0.1, -0.05) is 29.8 Å². The Bertz CT molecular complexity index is 892. The number of hydrogen-bond donors (Lipinski definition) is 0. The molecule has 0 fully saturated rings. The van der Waals surface area contributed by atoms with Gasteiger partial charge in [-0.05, 0) is 12.1 Å². The molecule has 23 heavy (non-hydrogen) atoms. The molecule has 6 nitrogen and oxygen atoms in total. The van der Waals surface area contributed by atoms with Crippen LogP contribution in [-0.2, 0) is 23.6 Å². The van der Waals surface area contributed by atoms with Crippen molar-refractivity contribution in [1.82, 2.24) is 14.5 Å². The van der Waals surface area contributed by atoms with Gasteiger partial charge in [-0.3, -0.25) is 0 Å². The molecule has 0 atom stereocenters. The highest BCUT2D eigenvalue weighted by Gasteiger charge is 2.28. The Kier molecular flexibility index (Phi) is 4.38. The van der Waals surface area contributed by atoms with Crippen LogP contribution in [0.2, 0.25) is 5.15 Å². The molecular formula is C14H13ClN4O2S2. The number of sulfonamides is 1. The first-order valence-corrected chi connectivity index (χ1v) is 9.33. The van der Waals surface area contributed by atoms with Crippen LogP contribution in [0.5, 0.6) is 0 Å². The normalized spacial score (nSPS) is 11.6. The standard InChI is InChI=1S/C14H13ClN4O2S2/c1-18-12(15)9-17-13(18)10-19(14-16-7-8-22-14)23(20,21)11-5-3-2-4-6-11/h2-9H,10H2,1H3. The van der Waals surface area contributed by atoms with Gasteiger partial charge in [0.25, 0.3) is 10.0 Å². The molecule has 9 heteroatoms. The van der Waals surface area contributed by atoms with Gasteiger partial charge in [0.05, 0.1) is 17.6 Å². The fourth-order valence-electron chi connectivity index (χ4n) is 2.01. The molecule has 0 saturated heterocycles. The molecule has 1 aromatic carbocycles. The second-order valence-electron chi connectivity index (χ2n) is 4.70. The van der Waals surface area contributed by atoms with Crippen LogP contribution in [0, 0.1) is 0 Å². The van der Waals surface area contributed by atoms with Gasteiger partial charge in [-0.2, -0.15) is 0 Å². The van der Waals surface area contributed by atoms with Gasteiger partial charge in [0.2, 0.25) is 0 Å². The van der Waals surface area contributed by atoms with E-state index in [4.69, 9.17) is 11.6 Å². The Balaban J connectivity index is 2.05. The molecular weight excluding hydrogens is 356 g/mol. The first-order chi connectivity index (χ1) is 11.0. The third-order valence-electron chi connectivity index (χ3n) is 3.28. The molecule has 2 heterocycles. The summed E-state index contributed by atoms with van der Waals surface area (Å²) in [5, 5.41) is 2.55. The number of nitrogens with zero attached hydrogens (tertiary/aromatic N) is 4. The first-order valence-electron chi connectivity index (χ1n) is 6.63. The highest BCUT2D eigenvalue weighted by molar-refractivity contribution is 7.93. The average molecular weight is 369 g/mol. The molecule has 0 aliphatic carbocycles. The van der Waals surface area contributed by atoms with Gasteiger partial charge in [0.1, 0.15) is 11.0 Å². The SMILES string of the molecule is Cn1c(Cl)cnc1CN(c1nccs1)S(=O)(=O)c1ccccc1. The summed E-state index contributed by atoms with van der Waals surface area (Å²) in [6, 6.07) is 8.25. The Morgan fingerprint density at radius 1 is 1.26 bits per heavy atom. The Morgan fingerprint density at radius 3 is 2.57 bits per heavy atom. The number of thiazole rings is 1. The molecule has 0 radical (unpaired) electrons.